The normalized spacial score (nSPS) is 11.3. The van der Waals surface area contributed by atoms with Gasteiger partial charge in [-0.2, -0.15) is 0 Å². The van der Waals surface area contributed by atoms with Gasteiger partial charge in [0.15, 0.2) is 5.70 Å². The highest BCUT2D eigenvalue weighted by Crippen LogP contribution is 2.67. The summed E-state index contributed by atoms with van der Waals surface area (Å²) in [6.45, 7) is 0. The van der Waals surface area contributed by atoms with Crippen molar-refractivity contribution in [3.8, 4) is 0 Å². The molecule has 248 valence electrons. The number of para-hydroxylation sites is 1. The van der Waals surface area contributed by atoms with Gasteiger partial charge in [-0.25, -0.2) is 4.79 Å². The molecule has 0 aliphatic carbocycles. The maximum absolute atomic E-state index is 15.0. The van der Waals surface area contributed by atoms with Gasteiger partial charge in [0, 0.05) is 11.1 Å². The third-order valence-electron chi connectivity index (χ3n) is 8.13. The number of methoxy groups -OCH3 is 1. The van der Waals surface area contributed by atoms with Crippen LogP contribution in [-0.4, -0.2) is 24.9 Å². The van der Waals surface area contributed by atoms with Crippen molar-refractivity contribution in [2.45, 2.75) is 0 Å². The number of anilines is 1. The highest BCUT2D eigenvalue weighted by Gasteiger charge is 2.52. The van der Waals surface area contributed by atoms with Crippen LogP contribution in [0.5, 0.6) is 0 Å². The Morgan fingerprint density at radius 3 is 1.38 bits per heavy atom. The second-order valence-electron chi connectivity index (χ2n) is 11.1. The molecule has 6 nitrogen and oxygen atoms in total. The molecule has 0 radical (unpaired) electrons. The number of esters is 1. The maximum Gasteiger partial charge on any atom is 0.339 e. The van der Waals surface area contributed by atoms with E-state index in [4.69, 9.17) is 4.74 Å². The maximum atomic E-state index is 15.0. The summed E-state index contributed by atoms with van der Waals surface area (Å²) in [5.41, 5.74) is 1.64. The van der Waals surface area contributed by atoms with Crippen LogP contribution < -0.4 is 50.5 Å². The molecule has 0 heterocycles. The second kappa shape index (κ2) is 16.8. The van der Waals surface area contributed by atoms with Crippen LogP contribution in [-0.2, 0) is 9.53 Å². The highest BCUT2D eigenvalue weighted by molar-refractivity contribution is 8.03. The number of carbonyl (C=O) groups excluding carboxylic acids is 3. The van der Waals surface area contributed by atoms with E-state index in [1.807, 2.05) is 91.0 Å². The lowest BCUT2D eigenvalue weighted by Gasteiger charge is -2.31. The Morgan fingerprint density at radius 2 is 0.920 bits per heavy atom. The molecule has 8 heteroatoms. The van der Waals surface area contributed by atoms with Gasteiger partial charge in [0.05, 0.1) is 18.4 Å². The quantitative estimate of drug-likeness (QED) is 0.0945. The first-order valence-corrected chi connectivity index (χ1v) is 17.5. The van der Waals surface area contributed by atoms with Gasteiger partial charge >= 0.3 is 5.97 Å². The van der Waals surface area contributed by atoms with Crippen LogP contribution in [0.25, 0.3) is 5.31 Å². The summed E-state index contributed by atoms with van der Waals surface area (Å²) < 4.78 is 5.02. The van der Waals surface area contributed by atoms with E-state index in [0.29, 0.717) is 10.9 Å². The zero-order valence-corrected chi connectivity index (χ0v) is 30.3. The zero-order valence-electron chi connectivity index (χ0n) is 27.2. The van der Waals surface area contributed by atoms with Gasteiger partial charge in [0.25, 0.3) is 11.8 Å². The number of hydrogen-bond acceptors (Lipinski definition) is 4. The Morgan fingerprint density at radius 1 is 0.520 bits per heavy atom. The number of benzene rings is 6. The van der Waals surface area contributed by atoms with E-state index in [2.05, 4.69) is 47.0 Å². The topological polar surface area (TPSA) is 84.5 Å². The highest BCUT2D eigenvalue weighted by atomic mass is 127. The van der Waals surface area contributed by atoms with Crippen LogP contribution in [0.1, 0.15) is 26.3 Å². The van der Waals surface area contributed by atoms with E-state index in [1.54, 1.807) is 48.5 Å². The molecule has 6 rings (SSSR count). The van der Waals surface area contributed by atoms with E-state index >= 15 is 0 Å². The van der Waals surface area contributed by atoms with Gasteiger partial charge in [0.2, 0.25) is 0 Å². The van der Waals surface area contributed by atoms with Crippen molar-refractivity contribution in [3.63, 3.8) is 0 Å². The van der Waals surface area contributed by atoms with Crippen LogP contribution >= 0.6 is 7.26 Å². The molecule has 6 aromatic carbocycles. The van der Waals surface area contributed by atoms with Gasteiger partial charge in [-0.1, -0.05) is 115 Å². The predicted molar refractivity (Wildman–Crippen MR) is 199 cm³/mol. The number of halogens is 1. The van der Waals surface area contributed by atoms with Crippen LogP contribution in [0, 0.1) is 0 Å². The summed E-state index contributed by atoms with van der Waals surface area (Å²) in [4.78, 5) is 41.9. The Kier molecular flexibility index (Phi) is 12.1. The van der Waals surface area contributed by atoms with Crippen molar-refractivity contribution >= 4 is 52.0 Å². The van der Waals surface area contributed by atoms with Gasteiger partial charge < -0.3 is 39.3 Å². The summed E-state index contributed by atoms with van der Waals surface area (Å²) >= 11 is 0. The summed E-state index contributed by atoms with van der Waals surface area (Å²) in [6, 6.07) is 55.5. The van der Waals surface area contributed by atoms with E-state index < -0.39 is 25.0 Å². The number of ether oxygens (including phenoxy) is 1. The molecule has 0 aliphatic rings. The Hall–Kier alpha value is -5.37. The molecule has 2 N–H and O–H groups in total. The van der Waals surface area contributed by atoms with Crippen molar-refractivity contribution in [1.82, 2.24) is 5.32 Å². The van der Waals surface area contributed by atoms with Gasteiger partial charge in [-0.3, -0.25) is 9.59 Å². The summed E-state index contributed by atoms with van der Waals surface area (Å²) in [5.74, 6) is -1.64. The third-order valence-corrected chi connectivity index (χ3v) is 12.5. The minimum atomic E-state index is -2.97. The predicted octanol–water partition coefficient (Wildman–Crippen LogP) is 4.21. The molecule has 0 aliphatic heterocycles. The minimum Gasteiger partial charge on any atom is -1.00 e. The molecule has 0 fully saturated rings. The Bertz CT molecular complexity index is 2000. The Balaban J connectivity index is 0.00000486. The zero-order chi connectivity index (χ0) is 34.1. The first kappa shape index (κ1) is 35.9. The van der Waals surface area contributed by atoms with Crippen molar-refractivity contribution in [2.24, 2.45) is 0 Å². The fourth-order valence-corrected chi connectivity index (χ4v) is 10.5. The smallest absolute Gasteiger partial charge is 0.339 e. The fraction of sp³-hybridized carbons (Fsp3) is 0.0238. The fourth-order valence-electron chi connectivity index (χ4n) is 5.95. The Labute approximate surface area is 309 Å². The first-order chi connectivity index (χ1) is 24.0. The molecule has 50 heavy (non-hydrogen) atoms. The average Bonchev–Trinajstić information content (AvgIpc) is 3.17. The number of hydrogen-bond donors (Lipinski definition) is 2. The lowest BCUT2D eigenvalue weighted by molar-refractivity contribution is -0.113. The van der Waals surface area contributed by atoms with Crippen molar-refractivity contribution in [3.05, 3.63) is 198 Å². The van der Waals surface area contributed by atoms with Crippen LogP contribution in [0.15, 0.2) is 182 Å². The van der Waals surface area contributed by atoms with E-state index in [1.165, 1.54) is 7.11 Å². The molecule has 0 unspecified atom stereocenters. The first-order valence-electron chi connectivity index (χ1n) is 15.7. The van der Waals surface area contributed by atoms with Crippen LogP contribution in [0.4, 0.5) is 5.69 Å². The number of rotatable bonds is 10. The van der Waals surface area contributed by atoms with Crippen LogP contribution in [0.2, 0.25) is 0 Å². The molecule has 0 aromatic heterocycles. The molecule has 0 saturated heterocycles. The summed E-state index contributed by atoms with van der Waals surface area (Å²) in [5, 5.41) is 9.64. The molecular weight excluding hydrogens is 754 g/mol. The molecule has 0 atom stereocenters. The van der Waals surface area contributed by atoms with E-state index in [0.717, 1.165) is 21.5 Å². The monoisotopic (exact) mass is 788 g/mol. The SMILES string of the molecule is COC(=O)c1ccccc1NC(=O)/C(NC(=O)c1ccccc1)=C(/c1ccccc1)[P+](c1ccccc1)(c1ccccc1)c1ccccc1.[I-]. The number of amides is 2. The molecular formula is C42H34IN2O4P. The lowest BCUT2D eigenvalue weighted by Crippen LogP contribution is -3.00. The standard InChI is InChI=1S/C42H33N2O4P.HI/c1-48-42(47)36-29-17-18-30-37(36)43-41(46)38(44-40(45)32-21-9-3-10-22-32)39(31-19-7-2-8-20-31)49(33-23-11-4-12-24-33,34-25-13-5-14-26-34)35-27-15-6-16-28-35;/h2-30H,1H3,(H-,43,44,45,46,47);1H/b39-38+;. The van der Waals surface area contributed by atoms with Gasteiger partial charge in [-0.15, -0.1) is 0 Å². The van der Waals surface area contributed by atoms with Crippen molar-refractivity contribution in [2.75, 3.05) is 12.4 Å². The molecule has 0 saturated carbocycles. The minimum absolute atomic E-state index is 0. The summed E-state index contributed by atoms with van der Waals surface area (Å²) in [6.07, 6.45) is 0. The molecule has 0 spiro atoms. The number of carbonyl (C=O) groups is 3. The summed E-state index contributed by atoms with van der Waals surface area (Å²) in [7, 11) is -1.68. The van der Waals surface area contributed by atoms with E-state index in [9.17, 15) is 14.4 Å². The largest absolute Gasteiger partial charge is 1.00 e. The van der Waals surface area contributed by atoms with E-state index in [-0.39, 0.29) is 40.9 Å². The van der Waals surface area contributed by atoms with Crippen molar-refractivity contribution < 1.29 is 43.1 Å². The van der Waals surface area contributed by atoms with Gasteiger partial charge in [0.1, 0.15) is 28.5 Å². The second-order valence-corrected chi connectivity index (χ2v) is 14.4. The molecule has 0 bridgehead atoms. The molecule has 2 amide bonds. The van der Waals surface area contributed by atoms with Crippen molar-refractivity contribution in [1.29, 1.82) is 0 Å². The number of nitrogens with one attached hydrogen (secondary N) is 2. The van der Waals surface area contributed by atoms with Gasteiger partial charge in [-0.05, 0) is 60.7 Å². The average molecular weight is 789 g/mol. The lowest BCUT2D eigenvalue weighted by atomic mass is 10.1. The van der Waals surface area contributed by atoms with Crippen LogP contribution in [0.3, 0.4) is 0 Å². The molecule has 6 aromatic rings. The third kappa shape index (κ3) is 7.44.